The fourth-order valence-electron chi connectivity index (χ4n) is 3.31. The summed E-state index contributed by atoms with van der Waals surface area (Å²) in [5, 5.41) is 2.87. The molecule has 1 atom stereocenters. The van der Waals surface area contributed by atoms with Gasteiger partial charge in [0.15, 0.2) is 0 Å². The van der Waals surface area contributed by atoms with Gasteiger partial charge in [-0.15, -0.1) is 0 Å². The fourth-order valence-corrected chi connectivity index (χ4v) is 4.77. The molecule has 0 heterocycles. The number of carbonyl (C=O) groups is 1. The van der Waals surface area contributed by atoms with E-state index in [-0.39, 0.29) is 17.4 Å². The molecule has 1 N–H and O–H groups in total. The smallest absolute Gasteiger partial charge is 0.264 e. The van der Waals surface area contributed by atoms with Crippen molar-refractivity contribution < 1.29 is 17.9 Å². The van der Waals surface area contributed by atoms with Gasteiger partial charge in [0.05, 0.1) is 17.2 Å². The third kappa shape index (κ3) is 5.68. The van der Waals surface area contributed by atoms with Crippen LogP contribution in [0.25, 0.3) is 0 Å². The van der Waals surface area contributed by atoms with Crippen molar-refractivity contribution in [1.29, 1.82) is 0 Å². The highest BCUT2D eigenvalue weighted by atomic mass is 32.2. The van der Waals surface area contributed by atoms with Crippen molar-refractivity contribution in [3.05, 3.63) is 90.5 Å². The Morgan fingerprint density at radius 3 is 2.19 bits per heavy atom. The van der Waals surface area contributed by atoms with E-state index in [1.807, 2.05) is 44.2 Å². The lowest BCUT2D eigenvalue weighted by atomic mass is 10.0. The van der Waals surface area contributed by atoms with E-state index in [9.17, 15) is 13.2 Å². The molecule has 0 saturated heterocycles. The normalized spacial score (nSPS) is 12.1. The number of amides is 1. The lowest BCUT2D eigenvalue weighted by molar-refractivity contribution is -0.119. The first-order chi connectivity index (χ1) is 15.4. The third-order valence-corrected chi connectivity index (χ3v) is 6.80. The van der Waals surface area contributed by atoms with Crippen LogP contribution in [0, 0.1) is 0 Å². The molecule has 0 aliphatic heterocycles. The fraction of sp³-hybridized carbons (Fsp3) is 0.240. The van der Waals surface area contributed by atoms with Crippen molar-refractivity contribution in [2.75, 3.05) is 24.0 Å². The Morgan fingerprint density at radius 2 is 1.53 bits per heavy atom. The van der Waals surface area contributed by atoms with E-state index < -0.39 is 15.9 Å². The van der Waals surface area contributed by atoms with Crippen LogP contribution >= 0.6 is 0 Å². The Labute approximate surface area is 189 Å². The molecule has 0 bridgehead atoms. The molecule has 0 radical (unpaired) electrons. The number of benzene rings is 3. The second-order valence-electron chi connectivity index (χ2n) is 7.34. The van der Waals surface area contributed by atoms with Crippen LogP contribution in [0.2, 0.25) is 0 Å². The van der Waals surface area contributed by atoms with Crippen molar-refractivity contribution in [3.63, 3.8) is 0 Å². The Balaban J connectivity index is 1.86. The number of rotatable bonds is 10. The molecule has 0 aromatic heterocycles. The minimum absolute atomic E-state index is 0.0926. The Morgan fingerprint density at radius 1 is 0.938 bits per heavy atom. The summed E-state index contributed by atoms with van der Waals surface area (Å²) in [4.78, 5) is 13.0. The number of hydrogen-bond donors (Lipinski definition) is 1. The maximum Gasteiger partial charge on any atom is 0.264 e. The molecule has 1 amide bonds. The van der Waals surface area contributed by atoms with Gasteiger partial charge in [0, 0.05) is 6.54 Å². The average Bonchev–Trinajstić information content (AvgIpc) is 2.83. The van der Waals surface area contributed by atoms with Gasteiger partial charge in [-0.3, -0.25) is 9.10 Å². The van der Waals surface area contributed by atoms with Gasteiger partial charge >= 0.3 is 0 Å². The van der Waals surface area contributed by atoms with Gasteiger partial charge < -0.3 is 10.1 Å². The molecule has 0 fully saturated rings. The minimum atomic E-state index is -3.99. The Hall–Kier alpha value is -3.32. The summed E-state index contributed by atoms with van der Waals surface area (Å²) in [6.07, 6.45) is 0. The van der Waals surface area contributed by atoms with E-state index in [0.717, 1.165) is 9.87 Å². The number of anilines is 1. The summed E-state index contributed by atoms with van der Waals surface area (Å²) < 4.78 is 33.7. The van der Waals surface area contributed by atoms with E-state index in [1.54, 1.807) is 42.5 Å². The monoisotopic (exact) mass is 452 g/mol. The first kappa shape index (κ1) is 23.3. The van der Waals surface area contributed by atoms with Crippen LogP contribution in [0.5, 0.6) is 5.75 Å². The maximum absolute atomic E-state index is 13.5. The first-order valence-electron chi connectivity index (χ1n) is 10.5. The number of ether oxygens (including phenoxy) is 1. The molecule has 0 aliphatic rings. The van der Waals surface area contributed by atoms with Crippen molar-refractivity contribution in [2.45, 2.75) is 24.7 Å². The lowest BCUT2D eigenvalue weighted by Crippen LogP contribution is -2.42. The second kappa shape index (κ2) is 10.8. The molecule has 3 aromatic carbocycles. The Bertz CT molecular complexity index is 1120. The third-order valence-electron chi connectivity index (χ3n) is 5.03. The molecular weight excluding hydrogens is 424 g/mol. The van der Waals surface area contributed by atoms with Crippen LogP contribution in [0.15, 0.2) is 89.8 Å². The zero-order valence-corrected chi connectivity index (χ0v) is 19.1. The highest BCUT2D eigenvalue weighted by Crippen LogP contribution is 2.32. The van der Waals surface area contributed by atoms with Crippen molar-refractivity contribution in [1.82, 2.24) is 5.32 Å². The molecule has 0 saturated carbocycles. The van der Waals surface area contributed by atoms with Crippen molar-refractivity contribution in [3.8, 4) is 5.75 Å². The summed E-state index contributed by atoms with van der Waals surface area (Å²) in [6.45, 7) is 4.25. The molecule has 0 aliphatic carbocycles. The highest BCUT2D eigenvalue weighted by molar-refractivity contribution is 7.92. The average molecular weight is 453 g/mol. The predicted octanol–water partition coefficient (Wildman–Crippen LogP) is 4.20. The topological polar surface area (TPSA) is 75.7 Å². The Kier molecular flexibility index (Phi) is 7.89. The highest BCUT2D eigenvalue weighted by Gasteiger charge is 2.29. The summed E-state index contributed by atoms with van der Waals surface area (Å²) in [5.41, 5.74) is 1.42. The number of carbonyl (C=O) groups excluding carboxylic acids is 1. The first-order valence-corrected chi connectivity index (χ1v) is 12.0. The number of sulfonamides is 1. The molecule has 1 unspecified atom stereocenters. The summed E-state index contributed by atoms with van der Waals surface area (Å²) in [6, 6.07) is 24.8. The van der Waals surface area contributed by atoms with Crippen LogP contribution in [0.4, 0.5) is 5.69 Å². The van der Waals surface area contributed by atoms with Crippen LogP contribution in [0.1, 0.15) is 25.3 Å². The number of nitrogens with zero attached hydrogens (tertiary/aromatic N) is 1. The summed E-state index contributed by atoms with van der Waals surface area (Å²) in [5.74, 6) is 0.105. The van der Waals surface area contributed by atoms with Crippen LogP contribution in [0.3, 0.4) is 0 Å². The van der Waals surface area contributed by atoms with Crippen molar-refractivity contribution >= 4 is 21.6 Å². The predicted molar refractivity (Wildman–Crippen MR) is 126 cm³/mol. The van der Waals surface area contributed by atoms with Crippen LogP contribution in [-0.2, 0) is 14.8 Å². The molecule has 3 aromatic rings. The van der Waals surface area contributed by atoms with Gasteiger partial charge in [-0.25, -0.2) is 8.42 Å². The van der Waals surface area contributed by atoms with Crippen LogP contribution < -0.4 is 14.4 Å². The van der Waals surface area contributed by atoms with Gasteiger partial charge in [-0.05, 0) is 42.7 Å². The zero-order valence-electron chi connectivity index (χ0n) is 18.3. The van der Waals surface area contributed by atoms with E-state index in [4.69, 9.17) is 4.74 Å². The van der Waals surface area contributed by atoms with E-state index >= 15 is 0 Å². The largest absolute Gasteiger partial charge is 0.492 e. The lowest BCUT2D eigenvalue weighted by Gasteiger charge is -2.26. The number of para-hydroxylation sites is 2. The van der Waals surface area contributed by atoms with E-state index in [0.29, 0.717) is 24.6 Å². The van der Waals surface area contributed by atoms with Crippen LogP contribution in [-0.4, -0.2) is 34.0 Å². The van der Waals surface area contributed by atoms with E-state index in [2.05, 4.69) is 5.32 Å². The standard InChI is InChI=1S/C25H28N2O4S/c1-3-31-24-17-11-10-16-23(24)27(32(29,30)22-14-8-5-9-15-22)19-25(28)26-18-20(2)21-12-6-4-7-13-21/h4-17,20H,3,18-19H2,1-2H3,(H,26,28). The maximum atomic E-state index is 13.5. The van der Waals surface area contributed by atoms with Crippen molar-refractivity contribution in [2.24, 2.45) is 0 Å². The SMILES string of the molecule is CCOc1ccccc1N(CC(=O)NCC(C)c1ccccc1)S(=O)(=O)c1ccccc1. The van der Waals surface area contributed by atoms with Gasteiger partial charge in [-0.1, -0.05) is 67.6 Å². The zero-order chi connectivity index (χ0) is 23.0. The van der Waals surface area contributed by atoms with Gasteiger partial charge in [0.1, 0.15) is 12.3 Å². The van der Waals surface area contributed by atoms with E-state index in [1.165, 1.54) is 12.1 Å². The summed E-state index contributed by atoms with van der Waals surface area (Å²) >= 11 is 0. The molecule has 3 rings (SSSR count). The van der Waals surface area contributed by atoms with Gasteiger partial charge in [0.2, 0.25) is 5.91 Å². The molecule has 6 nitrogen and oxygen atoms in total. The molecule has 0 spiro atoms. The molecular formula is C25H28N2O4S. The molecule has 32 heavy (non-hydrogen) atoms. The second-order valence-corrected chi connectivity index (χ2v) is 9.20. The molecule has 168 valence electrons. The molecule has 7 heteroatoms. The quantitative estimate of drug-likeness (QED) is 0.500. The van der Waals surface area contributed by atoms with Gasteiger partial charge in [0.25, 0.3) is 10.0 Å². The minimum Gasteiger partial charge on any atom is -0.492 e. The number of nitrogens with one attached hydrogen (secondary N) is 1. The van der Waals surface area contributed by atoms with Gasteiger partial charge in [-0.2, -0.15) is 0 Å². The summed E-state index contributed by atoms with van der Waals surface area (Å²) in [7, 11) is -3.99. The number of hydrogen-bond acceptors (Lipinski definition) is 4.